The molecule has 1 aromatic rings. The average molecular weight is 253 g/mol. The number of hydrogen-bond donors (Lipinski definition) is 2. The van der Waals surface area contributed by atoms with Gasteiger partial charge in [0.25, 0.3) is 11.7 Å². The number of aliphatic hydroxyl groups excluding tert-OH is 2. The fourth-order valence-corrected chi connectivity index (χ4v) is 1.96. The number of ketones is 1. The standard InChI is InChI=1S/C12H12FNO4/c1-6-2-8-10(9(13)3-6)14(4-7(16)5-15)12(18)11(8)17/h2-3,7,15-16H,4-5H2,1H3. The van der Waals surface area contributed by atoms with E-state index in [4.69, 9.17) is 5.11 Å². The van der Waals surface area contributed by atoms with Crippen LogP contribution >= 0.6 is 0 Å². The van der Waals surface area contributed by atoms with Crippen LogP contribution in [0.15, 0.2) is 12.1 Å². The third-order valence-electron chi connectivity index (χ3n) is 2.77. The molecule has 0 bridgehead atoms. The average Bonchev–Trinajstić information content (AvgIpc) is 2.54. The number of benzene rings is 1. The number of Topliss-reactive ketones (excluding diaryl/α,β-unsaturated/α-hetero) is 1. The number of β-amino-alcohol motifs (C(OH)–C–C–N with tert-alkyl or cyclic N) is 1. The van der Waals surface area contributed by atoms with Gasteiger partial charge in [-0.1, -0.05) is 0 Å². The SMILES string of the molecule is Cc1cc(F)c2c(c1)C(=O)C(=O)N2CC(O)CO. The zero-order valence-electron chi connectivity index (χ0n) is 9.68. The molecular weight excluding hydrogens is 241 g/mol. The Labute approximate surface area is 102 Å². The second kappa shape index (κ2) is 4.47. The summed E-state index contributed by atoms with van der Waals surface area (Å²) in [5.41, 5.74) is 0.419. The van der Waals surface area contributed by atoms with Gasteiger partial charge in [0.05, 0.1) is 30.5 Å². The predicted molar refractivity (Wildman–Crippen MR) is 60.9 cm³/mol. The number of fused-ring (bicyclic) bond motifs is 1. The largest absolute Gasteiger partial charge is 0.394 e. The van der Waals surface area contributed by atoms with Gasteiger partial charge in [-0.15, -0.1) is 0 Å². The molecule has 1 amide bonds. The van der Waals surface area contributed by atoms with Gasteiger partial charge in [0.15, 0.2) is 0 Å². The third-order valence-corrected chi connectivity index (χ3v) is 2.77. The van der Waals surface area contributed by atoms with Gasteiger partial charge in [0.2, 0.25) is 0 Å². The van der Waals surface area contributed by atoms with E-state index < -0.39 is 30.2 Å². The van der Waals surface area contributed by atoms with Crippen LogP contribution in [0.4, 0.5) is 10.1 Å². The lowest BCUT2D eigenvalue weighted by Crippen LogP contribution is -2.38. The lowest BCUT2D eigenvalue weighted by Gasteiger charge is -2.19. The molecular formula is C12H12FNO4. The molecule has 5 nitrogen and oxygen atoms in total. The molecule has 1 atom stereocenters. The van der Waals surface area contributed by atoms with Crippen LogP contribution < -0.4 is 4.90 Å². The monoisotopic (exact) mass is 253 g/mol. The van der Waals surface area contributed by atoms with Crippen LogP contribution in [0.3, 0.4) is 0 Å². The van der Waals surface area contributed by atoms with Crippen LogP contribution in [0, 0.1) is 12.7 Å². The van der Waals surface area contributed by atoms with Crippen LogP contribution in [-0.4, -0.2) is 41.2 Å². The summed E-state index contributed by atoms with van der Waals surface area (Å²) in [7, 11) is 0. The van der Waals surface area contributed by atoms with Crippen LogP contribution in [0.1, 0.15) is 15.9 Å². The molecule has 1 aliphatic heterocycles. The molecule has 0 aromatic heterocycles. The maximum absolute atomic E-state index is 13.8. The van der Waals surface area contributed by atoms with Crippen molar-refractivity contribution in [3.8, 4) is 0 Å². The minimum absolute atomic E-state index is 0.00244. The van der Waals surface area contributed by atoms with E-state index in [2.05, 4.69) is 0 Å². The number of aryl methyl sites for hydroxylation is 1. The number of amides is 1. The number of anilines is 1. The summed E-state index contributed by atoms with van der Waals surface area (Å²) < 4.78 is 13.8. The van der Waals surface area contributed by atoms with E-state index in [1.807, 2.05) is 0 Å². The summed E-state index contributed by atoms with van der Waals surface area (Å²) in [5.74, 6) is -2.37. The molecule has 1 aromatic carbocycles. The fraction of sp³-hybridized carbons (Fsp3) is 0.333. The molecule has 0 aliphatic carbocycles. The van der Waals surface area contributed by atoms with Crippen molar-refractivity contribution in [2.45, 2.75) is 13.0 Å². The minimum atomic E-state index is -1.21. The summed E-state index contributed by atoms with van der Waals surface area (Å²) in [5, 5.41) is 18.1. The molecule has 0 spiro atoms. The first-order valence-electron chi connectivity index (χ1n) is 5.41. The van der Waals surface area contributed by atoms with E-state index in [0.29, 0.717) is 5.56 Å². The molecule has 1 heterocycles. The zero-order chi connectivity index (χ0) is 13.4. The van der Waals surface area contributed by atoms with Crippen LogP contribution in [0.5, 0.6) is 0 Å². The first-order chi connectivity index (χ1) is 8.45. The van der Waals surface area contributed by atoms with E-state index >= 15 is 0 Å². The lowest BCUT2D eigenvalue weighted by atomic mass is 10.1. The highest BCUT2D eigenvalue weighted by Crippen LogP contribution is 2.32. The molecule has 0 fully saturated rings. The Bertz CT molecular complexity index is 529. The summed E-state index contributed by atoms with van der Waals surface area (Å²) in [6.07, 6.45) is -1.21. The number of halogens is 1. The fourth-order valence-electron chi connectivity index (χ4n) is 1.96. The second-order valence-electron chi connectivity index (χ2n) is 4.22. The van der Waals surface area contributed by atoms with Crippen LogP contribution in [0.2, 0.25) is 0 Å². The Balaban J connectivity index is 2.48. The summed E-state index contributed by atoms with van der Waals surface area (Å²) in [6, 6.07) is 2.65. The number of aliphatic hydroxyl groups is 2. The molecule has 0 radical (unpaired) electrons. The normalized spacial score (nSPS) is 16.1. The van der Waals surface area contributed by atoms with Crippen LogP contribution in [0.25, 0.3) is 0 Å². The Morgan fingerprint density at radius 3 is 2.67 bits per heavy atom. The smallest absolute Gasteiger partial charge is 0.299 e. The summed E-state index contributed by atoms with van der Waals surface area (Å²) in [4.78, 5) is 24.2. The maximum Gasteiger partial charge on any atom is 0.299 e. The highest BCUT2D eigenvalue weighted by atomic mass is 19.1. The van der Waals surface area contributed by atoms with E-state index in [9.17, 15) is 19.1 Å². The Kier molecular flexibility index (Phi) is 3.14. The van der Waals surface area contributed by atoms with E-state index in [1.54, 1.807) is 6.92 Å². The summed E-state index contributed by atoms with van der Waals surface area (Å²) >= 11 is 0. The number of hydrogen-bond acceptors (Lipinski definition) is 4. The first-order valence-corrected chi connectivity index (χ1v) is 5.41. The molecule has 2 rings (SSSR count). The summed E-state index contributed by atoms with van der Waals surface area (Å²) in [6.45, 7) is 0.737. The number of carbonyl (C=O) groups is 2. The highest BCUT2D eigenvalue weighted by molar-refractivity contribution is 6.52. The molecule has 6 heteroatoms. The van der Waals surface area contributed by atoms with Crippen molar-refractivity contribution in [2.24, 2.45) is 0 Å². The third kappa shape index (κ3) is 1.89. The molecule has 0 saturated heterocycles. The van der Waals surface area contributed by atoms with E-state index in [0.717, 1.165) is 4.90 Å². The molecule has 18 heavy (non-hydrogen) atoms. The zero-order valence-corrected chi connectivity index (χ0v) is 9.68. The van der Waals surface area contributed by atoms with E-state index in [1.165, 1.54) is 12.1 Å². The molecule has 96 valence electrons. The Morgan fingerprint density at radius 1 is 1.39 bits per heavy atom. The molecule has 1 unspecified atom stereocenters. The van der Waals surface area contributed by atoms with Gasteiger partial charge >= 0.3 is 0 Å². The van der Waals surface area contributed by atoms with Crippen molar-refractivity contribution in [3.63, 3.8) is 0 Å². The van der Waals surface area contributed by atoms with Crippen molar-refractivity contribution in [1.29, 1.82) is 0 Å². The highest BCUT2D eigenvalue weighted by Gasteiger charge is 2.38. The predicted octanol–water partition coefficient (Wildman–Crippen LogP) is 0.0166. The maximum atomic E-state index is 13.8. The van der Waals surface area contributed by atoms with Gasteiger partial charge in [-0.2, -0.15) is 0 Å². The van der Waals surface area contributed by atoms with Crippen molar-refractivity contribution in [1.82, 2.24) is 0 Å². The minimum Gasteiger partial charge on any atom is -0.394 e. The molecule has 0 saturated carbocycles. The molecule has 2 N–H and O–H groups in total. The van der Waals surface area contributed by atoms with Gasteiger partial charge in [-0.25, -0.2) is 4.39 Å². The molecule has 1 aliphatic rings. The van der Waals surface area contributed by atoms with Crippen molar-refractivity contribution in [3.05, 3.63) is 29.1 Å². The van der Waals surface area contributed by atoms with E-state index in [-0.39, 0.29) is 17.8 Å². The number of carbonyl (C=O) groups excluding carboxylic acids is 2. The Hall–Kier alpha value is -1.79. The second-order valence-corrected chi connectivity index (χ2v) is 4.22. The van der Waals surface area contributed by atoms with Crippen molar-refractivity contribution >= 4 is 17.4 Å². The van der Waals surface area contributed by atoms with Crippen molar-refractivity contribution < 1.29 is 24.2 Å². The van der Waals surface area contributed by atoms with Gasteiger partial charge in [-0.05, 0) is 24.6 Å². The Morgan fingerprint density at radius 2 is 2.06 bits per heavy atom. The van der Waals surface area contributed by atoms with Crippen LogP contribution in [-0.2, 0) is 4.79 Å². The van der Waals surface area contributed by atoms with Crippen molar-refractivity contribution in [2.75, 3.05) is 18.1 Å². The number of nitrogens with zero attached hydrogens (tertiary/aromatic N) is 1. The van der Waals surface area contributed by atoms with Gasteiger partial charge in [-0.3, -0.25) is 14.5 Å². The topological polar surface area (TPSA) is 77.8 Å². The quantitative estimate of drug-likeness (QED) is 0.744. The first kappa shape index (κ1) is 12.7. The lowest BCUT2D eigenvalue weighted by molar-refractivity contribution is -0.114. The van der Waals surface area contributed by atoms with Gasteiger partial charge in [0.1, 0.15) is 5.82 Å². The van der Waals surface area contributed by atoms with Gasteiger partial charge < -0.3 is 10.2 Å². The number of rotatable bonds is 3. The van der Waals surface area contributed by atoms with Gasteiger partial charge in [0, 0.05) is 0 Å².